The first-order valence-electron chi connectivity index (χ1n) is 11.8. The molecule has 1 saturated heterocycles. The Kier molecular flexibility index (Phi) is 6.48. The van der Waals surface area contributed by atoms with E-state index in [1.807, 2.05) is 24.3 Å². The fraction of sp³-hybridized carbons (Fsp3) is 0.481. The Morgan fingerprint density at radius 1 is 1.00 bits per heavy atom. The number of nitrogens with zero attached hydrogens (tertiary/aromatic N) is 2. The van der Waals surface area contributed by atoms with Crippen LogP contribution in [0.4, 0.5) is 11.4 Å². The van der Waals surface area contributed by atoms with Gasteiger partial charge in [-0.3, -0.25) is 9.59 Å². The summed E-state index contributed by atoms with van der Waals surface area (Å²) in [6.07, 6.45) is 1.66. The van der Waals surface area contributed by atoms with Gasteiger partial charge in [-0.1, -0.05) is 45.0 Å². The zero-order valence-corrected chi connectivity index (χ0v) is 20.2. The molecule has 2 aromatic rings. The maximum Gasteiger partial charge on any atom is 0.243 e. The Morgan fingerprint density at radius 2 is 1.61 bits per heavy atom. The number of ether oxygens (including phenoxy) is 1. The molecule has 2 fully saturated rings. The van der Waals surface area contributed by atoms with E-state index in [0.29, 0.717) is 0 Å². The van der Waals surface area contributed by atoms with Crippen LogP contribution in [0.2, 0.25) is 0 Å². The van der Waals surface area contributed by atoms with E-state index in [1.165, 1.54) is 5.56 Å². The lowest BCUT2D eigenvalue weighted by atomic mass is 9.84. The summed E-state index contributed by atoms with van der Waals surface area (Å²) in [5.41, 5.74) is 3.75. The quantitative estimate of drug-likeness (QED) is 0.725. The molecular formula is C27H35N3O3. The van der Waals surface area contributed by atoms with E-state index in [9.17, 15) is 9.59 Å². The van der Waals surface area contributed by atoms with E-state index in [4.69, 9.17) is 4.74 Å². The predicted octanol–water partition coefficient (Wildman–Crippen LogP) is 3.95. The van der Waals surface area contributed by atoms with E-state index < -0.39 is 5.41 Å². The summed E-state index contributed by atoms with van der Waals surface area (Å²) in [5.74, 6) is -0.173. The molecule has 2 amide bonds. The van der Waals surface area contributed by atoms with E-state index in [-0.39, 0.29) is 23.8 Å². The van der Waals surface area contributed by atoms with Crippen LogP contribution in [0.5, 0.6) is 0 Å². The predicted molar refractivity (Wildman–Crippen MR) is 132 cm³/mol. The molecule has 6 nitrogen and oxygen atoms in total. The van der Waals surface area contributed by atoms with Gasteiger partial charge >= 0.3 is 0 Å². The van der Waals surface area contributed by atoms with Gasteiger partial charge in [0.1, 0.15) is 0 Å². The minimum absolute atomic E-state index is 0.0174. The van der Waals surface area contributed by atoms with Crippen molar-refractivity contribution in [2.75, 3.05) is 50.1 Å². The molecule has 176 valence electrons. The van der Waals surface area contributed by atoms with Crippen LogP contribution in [0.1, 0.15) is 44.7 Å². The minimum Gasteiger partial charge on any atom is -0.378 e. The van der Waals surface area contributed by atoms with Gasteiger partial charge in [0.2, 0.25) is 11.8 Å². The zero-order valence-electron chi connectivity index (χ0n) is 20.2. The second-order valence-electron chi connectivity index (χ2n) is 10.3. The molecule has 6 heteroatoms. The number of benzene rings is 2. The summed E-state index contributed by atoms with van der Waals surface area (Å²) in [4.78, 5) is 29.7. The molecule has 0 bridgehead atoms. The molecule has 1 aliphatic carbocycles. The normalized spacial score (nSPS) is 17.4. The number of likely N-dealkylation sites (N-methyl/N-ethyl adjacent to an activating group) is 1. The molecular weight excluding hydrogens is 414 g/mol. The summed E-state index contributed by atoms with van der Waals surface area (Å²) in [7, 11) is 1.72. The molecule has 1 heterocycles. The van der Waals surface area contributed by atoms with Crippen LogP contribution in [-0.4, -0.2) is 56.6 Å². The minimum atomic E-state index is -0.481. The maximum atomic E-state index is 13.2. The fourth-order valence-electron chi connectivity index (χ4n) is 4.47. The van der Waals surface area contributed by atoms with Gasteiger partial charge in [0, 0.05) is 31.5 Å². The molecule has 2 aromatic carbocycles. The highest BCUT2D eigenvalue weighted by atomic mass is 16.5. The third kappa shape index (κ3) is 5.22. The molecule has 0 aromatic heterocycles. The zero-order chi connectivity index (χ0) is 23.6. The van der Waals surface area contributed by atoms with Crippen molar-refractivity contribution in [3.8, 4) is 0 Å². The van der Waals surface area contributed by atoms with E-state index in [0.717, 1.165) is 56.1 Å². The fourth-order valence-corrected chi connectivity index (χ4v) is 4.47. The van der Waals surface area contributed by atoms with Crippen LogP contribution >= 0.6 is 0 Å². The Balaban J connectivity index is 1.34. The monoisotopic (exact) mass is 449 g/mol. The summed E-state index contributed by atoms with van der Waals surface area (Å²) < 4.78 is 5.40. The van der Waals surface area contributed by atoms with Crippen molar-refractivity contribution in [2.24, 2.45) is 0 Å². The van der Waals surface area contributed by atoms with Gasteiger partial charge in [-0.2, -0.15) is 0 Å². The molecule has 0 atom stereocenters. The number of carbonyl (C=O) groups is 2. The van der Waals surface area contributed by atoms with Crippen molar-refractivity contribution >= 4 is 23.2 Å². The van der Waals surface area contributed by atoms with Gasteiger partial charge in [0.25, 0.3) is 0 Å². The number of anilines is 2. The standard InChI is InChI=1S/C27H35N3O3/c1-26(2,3)20-5-7-21(8-6-20)27(13-14-27)25(32)29(4)19-24(31)28-22-9-11-23(12-10-22)30-15-17-33-18-16-30/h5-12H,13-19H2,1-4H3,(H,28,31). The van der Waals surface area contributed by atoms with Crippen molar-refractivity contribution in [3.05, 3.63) is 59.7 Å². The lowest BCUT2D eigenvalue weighted by molar-refractivity contribution is -0.135. The first kappa shape index (κ1) is 23.3. The van der Waals surface area contributed by atoms with E-state index in [2.05, 4.69) is 55.3 Å². The topological polar surface area (TPSA) is 61.9 Å². The summed E-state index contributed by atoms with van der Waals surface area (Å²) >= 11 is 0. The van der Waals surface area contributed by atoms with Crippen molar-refractivity contribution in [2.45, 2.75) is 44.4 Å². The summed E-state index contributed by atoms with van der Waals surface area (Å²) in [5, 5.41) is 2.92. The van der Waals surface area contributed by atoms with Crippen molar-refractivity contribution in [1.82, 2.24) is 4.90 Å². The first-order valence-corrected chi connectivity index (χ1v) is 11.8. The third-order valence-corrected chi connectivity index (χ3v) is 6.72. The van der Waals surface area contributed by atoms with Crippen LogP contribution in [-0.2, 0) is 25.2 Å². The van der Waals surface area contributed by atoms with Gasteiger partial charge in [-0.15, -0.1) is 0 Å². The van der Waals surface area contributed by atoms with E-state index >= 15 is 0 Å². The molecule has 0 radical (unpaired) electrons. The van der Waals surface area contributed by atoms with Crippen LogP contribution in [0.15, 0.2) is 48.5 Å². The molecule has 1 saturated carbocycles. The van der Waals surface area contributed by atoms with Crippen molar-refractivity contribution in [3.63, 3.8) is 0 Å². The van der Waals surface area contributed by atoms with Gasteiger partial charge < -0.3 is 19.9 Å². The maximum absolute atomic E-state index is 13.2. The molecule has 0 unspecified atom stereocenters. The molecule has 4 rings (SSSR count). The average molecular weight is 450 g/mol. The van der Waals surface area contributed by atoms with E-state index in [1.54, 1.807) is 11.9 Å². The number of morpholine rings is 1. The van der Waals surface area contributed by atoms with Crippen LogP contribution in [0, 0.1) is 0 Å². The number of carbonyl (C=O) groups excluding carboxylic acids is 2. The van der Waals surface area contributed by atoms with Crippen LogP contribution < -0.4 is 10.2 Å². The summed E-state index contributed by atoms with van der Waals surface area (Å²) in [6.45, 7) is 9.81. The Labute approximate surface area is 196 Å². The first-order chi connectivity index (χ1) is 15.7. The lowest BCUT2D eigenvalue weighted by Crippen LogP contribution is -2.41. The highest BCUT2D eigenvalue weighted by Gasteiger charge is 2.52. The average Bonchev–Trinajstić information content (AvgIpc) is 3.61. The largest absolute Gasteiger partial charge is 0.378 e. The van der Waals surface area contributed by atoms with Crippen molar-refractivity contribution in [1.29, 1.82) is 0 Å². The Morgan fingerprint density at radius 3 is 2.15 bits per heavy atom. The van der Waals surface area contributed by atoms with Crippen molar-refractivity contribution < 1.29 is 14.3 Å². The van der Waals surface area contributed by atoms with Gasteiger partial charge in [-0.05, 0) is 53.6 Å². The Hall–Kier alpha value is -2.86. The SMILES string of the molecule is CN(CC(=O)Nc1ccc(N2CCOCC2)cc1)C(=O)C1(c2ccc(C(C)(C)C)cc2)CC1. The molecule has 1 N–H and O–H groups in total. The molecule has 1 aliphatic heterocycles. The second-order valence-corrected chi connectivity index (χ2v) is 10.3. The molecule has 2 aliphatic rings. The number of amides is 2. The van der Waals surface area contributed by atoms with Gasteiger partial charge in [0.05, 0.1) is 25.2 Å². The summed E-state index contributed by atoms with van der Waals surface area (Å²) in [6, 6.07) is 16.2. The lowest BCUT2D eigenvalue weighted by Gasteiger charge is -2.29. The molecule has 0 spiro atoms. The number of hydrogen-bond donors (Lipinski definition) is 1. The number of rotatable bonds is 6. The number of nitrogens with one attached hydrogen (secondary N) is 1. The number of hydrogen-bond acceptors (Lipinski definition) is 4. The molecule has 33 heavy (non-hydrogen) atoms. The third-order valence-electron chi connectivity index (χ3n) is 6.72. The second kappa shape index (κ2) is 9.18. The highest BCUT2D eigenvalue weighted by Crippen LogP contribution is 2.49. The van der Waals surface area contributed by atoms with Gasteiger partial charge in [0.15, 0.2) is 0 Å². The smallest absolute Gasteiger partial charge is 0.243 e. The van der Waals surface area contributed by atoms with Crippen LogP contribution in [0.25, 0.3) is 0 Å². The Bertz CT molecular complexity index is 983. The highest BCUT2D eigenvalue weighted by molar-refractivity contribution is 5.97. The van der Waals surface area contributed by atoms with Gasteiger partial charge in [-0.25, -0.2) is 0 Å². The van der Waals surface area contributed by atoms with Crippen LogP contribution in [0.3, 0.4) is 0 Å².